The molecule has 2 N–H and O–H groups in total. The van der Waals surface area contributed by atoms with Gasteiger partial charge in [0.05, 0.1) is 5.56 Å². The number of rotatable bonds is 2. The minimum absolute atomic E-state index is 0.0536. The van der Waals surface area contributed by atoms with E-state index in [9.17, 15) is 14.0 Å². The number of nitrogens with zero attached hydrogens (tertiary/aromatic N) is 1. The molecular weight excluding hydrogens is 252 g/mol. The quantitative estimate of drug-likeness (QED) is 0.694. The zero-order chi connectivity index (χ0) is 14.0. The zero-order valence-corrected chi connectivity index (χ0v) is 10.2. The Balaban J connectivity index is 2.23. The van der Waals surface area contributed by atoms with Gasteiger partial charge in [0.1, 0.15) is 11.6 Å². The summed E-state index contributed by atoms with van der Waals surface area (Å²) < 4.78 is 13.6. The number of hydrogen-bond acceptors (Lipinski definition) is 4. The van der Waals surface area contributed by atoms with Crippen LogP contribution in [0.25, 0.3) is 0 Å². The normalized spacial score (nSPS) is 15.5. The first-order valence-corrected chi connectivity index (χ1v) is 5.95. The number of ketones is 1. The van der Waals surface area contributed by atoms with Crippen molar-refractivity contribution in [3.63, 3.8) is 0 Å². The van der Waals surface area contributed by atoms with Crippen molar-refractivity contribution in [1.29, 1.82) is 0 Å². The molecule has 1 fully saturated rings. The fraction of sp³-hybridized carbons (Fsp3) is 0.333. The summed E-state index contributed by atoms with van der Waals surface area (Å²) in [5, 5.41) is 18.1. The number of amides is 1. The van der Waals surface area contributed by atoms with Gasteiger partial charge in [-0.05, 0) is 17.6 Å². The summed E-state index contributed by atoms with van der Waals surface area (Å²) in [6, 6.07) is 3.35. The van der Waals surface area contributed by atoms with Crippen molar-refractivity contribution in [2.45, 2.75) is 12.8 Å². The maximum atomic E-state index is 13.6. The van der Waals surface area contributed by atoms with E-state index in [0.29, 0.717) is 0 Å². The Morgan fingerprint density at radius 3 is 2.47 bits per heavy atom. The van der Waals surface area contributed by atoms with Crippen molar-refractivity contribution in [3.8, 4) is 0 Å². The molecule has 1 saturated heterocycles. The highest BCUT2D eigenvalue weighted by Gasteiger charge is 2.25. The van der Waals surface area contributed by atoms with Gasteiger partial charge < -0.3 is 14.9 Å². The average Bonchev–Trinajstić information content (AvgIpc) is 2.39. The van der Waals surface area contributed by atoms with Gasteiger partial charge in [-0.1, -0.05) is 6.07 Å². The highest BCUT2D eigenvalue weighted by molar-refractivity contribution is 6.58. The Labute approximate surface area is 109 Å². The van der Waals surface area contributed by atoms with Crippen LogP contribution in [0.15, 0.2) is 18.2 Å². The molecule has 0 aromatic heterocycles. The Bertz CT molecular complexity index is 510. The number of benzene rings is 1. The van der Waals surface area contributed by atoms with Gasteiger partial charge >= 0.3 is 7.12 Å². The molecule has 1 heterocycles. The summed E-state index contributed by atoms with van der Waals surface area (Å²) in [7, 11) is -1.75. The summed E-state index contributed by atoms with van der Waals surface area (Å²) in [4.78, 5) is 24.6. The molecular formula is C12H13BFNO4. The topological polar surface area (TPSA) is 77.8 Å². The number of carbonyl (C=O) groups is 2. The third kappa shape index (κ3) is 3.00. The van der Waals surface area contributed by atoms with Crippen molar-refractivity contribution < 1.29 is 24.0 Å². The largest absolute Gasteiger partial charge is 0.488 e. The molecule has 1 aliphatic rings. The van der Waals surface area contributed by atoms with E-state index in [1.807, 2.05) is 0 Å². The Kier molecular flexibility index (Phi) is 3.97. The van der Waals surface area contributed by atoms with Crippen LogP contribution in [-0.4, -0.2) is 46.8 Å². The van der Waals surface area contributed by atoms with E-state index in [-0.39, 0.29) is 42.7 Å². The summed E-state index contributed by atoms with van der Waals surface area (Å²) in [6.45, 7) is 0.534. The Morgan fingerprint density at radius 1 is 1.26 bits per heavy atom. The lowest BCUT2D eigenvalue weighted by atomic mass is 9.79. The molecule has 19 heavy (non-hydrogen) atoms. The summed E-state index contributed by atoms with van der Waals surface area (Å²) in [6.07, 6.45) is 0.547. The van der Waals surface area contributed by atoms with E-state index in [0.717, 1.165) is 12.1 Å². The van der Waals surface area contributed by atoms with Gasteiger partial charge in [-0.25, -0.2) is 4.39 Å². The second-order valence-corrected chi connectivity index (χ2v) is 4.44. The molecule has 0 unspecified atom stereocenters. The predicted molar refractivity (Wildman–Crippen MR) is 66.4 cm³/mol. The zero-order valence-electron chi connectivity index (χ0n) is 10.2. The summed E-state index contributed by atoms with van der Waals surface area (Å²) in [5.74, 6) is -1.16. The standard InChI is InChI=1S/C12H13BFNO4/c14-11-2-1-8(13(18)19)7-10(11)12(17)15-5-3-9(16)4-6-15/h1-2,7,18-19H,3-6H2. The van der Waals surface area contributed by atoms with E-state index in [4.69, 9.17) is 10.0 Å². The number of carbonyl (C=O) groups excluding carboxylic acids is 2. The molecule has 0 spiro atoms. The lowest BCUT2D eigenvalue weighted by molar-refractivity contribution is -0.120. The van der Waals surface area contributed by atoms with Gasteiger partial charge in [-0.15, -0.1) is 0 Å². The van der Waals surface area contributed by atoms with Gasteiger partial charge in [-0.2, -0.15) is 0 Å². The fourth-order valence-electron chi connectivity index (χ4n) is 2.00. The lowest BCUT2D eigenvalue weighted by Crippen LogP contribution is -2.40. The molecule has 0 bridgehead atoms. The number of hydrogen-bond donors (Lipinski definition) is 2. The second-order valence-electron chi connectivity index (χ2n) is 4.44. The molecule has 0 aliphatic carbocycles. The third-order valence-corrected chi connectivity index (χ3v) is 3.13. The molecule has 7 heteroatoms. The van der Waals surface area contributed by atoms with Gasteiger partial charge in [0.25, 0.3) is 5.91 Å². The van der Waals surface area contributed by atoms with E-state index >= 15 is 0 Å². The van der Waals surface area contributed by atoms with Crippen LogP contribution >= 0.6 is 0 Å². The Hall–Kier alpha value is -1.73. The second kappa shape index (κ2) is 5.50. The van der Waals surface area contributed by atoms with Crippen molar-refractivity contribution in [3.05, 3.63) is 29.6 Å². The SMILES string of the molecule is O=C1CCN(C(=O)c2cc(B(O)O)ccc2F)CC1. The first kappa shape index (κ1) is 13.7. The molecule has 100 valence electrons. The maximum Gasteiger partial charge on any atom is 0.488 e. The molecule has 1 aromatic carbocycles. The van der Waals surface area contributed by atoms with E-state index in [2.05, 4.69) is 0 Å². The van der Waals surface area contributed by atoms with Crippen LogP contribution in [0, 0.1) is 5.82 Å². The number of likely N-dealkylation sites (tertiary alicyclic amines) is 1. The van der Waals surface area contributed by atoms with Crippen LogP contribution in [0.5, 0.6) is 0 Å². The first-order chi connectivity index (χ1) is 8.99. The molecule has 5 nitrogen and oxygen atoms in total. The van der Waals surface area contributed by atoms with Crippen LogP contribution in [0.3, 0.4) is 0 Å². The van der Waals surface area contributed by atoms with E-state index in [1.165, 1.54) is 11.0 Å². The van der Waals surface area contributed by atoms with Gasteiger partial charge in [0, 0.05) is 25.9 Å². The van der Waals surface area contributed by atoms with Crippen LogP contribution in [0.1, 0.15) is 23.2 Å². The van der Waals surface area contributed by atoms with Crippen LogP contribution < -0.4 is 5.46 Å². The van der Waals surface area contributed by atoms with Crippen molar-refractivity contribution >= 4 is 24.3 Å². The monoisotopic (exact) mass is 265 g/mol. The maximum absolute atomic E-state index is 13.6. The first-order valence-electron chi connectivity index (χ1n) is 5.95. The molecule has 0 saturated carbocycles. The van der Waals surface area contributed by atoms with Crippen molar-refractivity contribution in [2.75, 3.05) is 13.1 Å². The molecule has 0 radical (unpaired) electrons. The third-order valence-electron chi connectivity index (χ3n) is 3.13. The highest BCUT2D eigenvalue weighted by Crippen LogP contribution is 2.13. The average molecular weight is 265 g/mol. The molecule has 1 aromatic rings. The Morgan fingerprint density at radius 2 is 1.89 bits per heavy atom. The molecule has 2 rings (SSSR count). The lowest BCUT2D eigenvalue weighted by Gasteiger charge is -2.26. The minimum Gasteiger partial charge on any atom is -0.423 e. The predicted octanol–water partition coefficient (Wildman–Crippen LogP) is -0.689. The van der Waals surface area contributed by atoms with E-state index < -0.39 is 18.8 Å². The number of halogens is 1. The van der Waals surface area contributed by atoms with E-state index in [1.54, 1.807) is 0 Å². The molecule has 1 amide bonds. The summed E-state index contributed by atoms with van der Waals surface area (Å²) in [5.41, 5.74) is -0.155. The number of piperidine rings is 1. The molecule has 0 atom stereocenters. The highest BCUT2D eigenvalue weighted by atomic mass is 19.1. The summed E-state index contributed by atoms with van der Waals surface area (Å²) >= 11 is 0. The van der Waals surface area contributed by atoms with Crippen LogP contribution in [0.2, 0.25) is 0 Å². The van der Waals surface area contributed by atoms with Gasteiger partial charge in [0.2, 0.25) is 0 Å². The van der Waals surface area contributed by atoms with Crippen molar-refractivity contribution in [2.24, 2.45) is 0 Å². The van der Waals surface area contributed by atoms with Gasteiger partial charge in [-0.3, -0.25) is 9.59 Å². The molecule has 1 aliphatic heterocycles. The van der Waals surface area contributed by atoms with Gasteiger partial charge in [0.15, 0.2) is 0 Å². The fourth-order valence-corrected chi connectivity index (χ4v) is 2.00. The smallest absolute Gasteiger partial charge is 0.423 e. The number of Topliss-reactive ketones (excluding diaryl/α,β-unsaturated/α-hetero) is 1. The minimum atomic E-state index is -1.75. The van der Waals surface area contributed by atoms with Crippen LogP contribution in [-0.2, 0) is 4.79 Å². The van der Waals surface area contributed by atoms with Crippen LogP contribution in [0.4, 0.5) is 4.39 Å². The van der Waals surface area contributed by atoms with Crippen molar-refractivity contribution in [1.82, 2.24) is 4.90 Å².